The Morgan fingerprint density at radius 3 is 2.72 bits per heavy atom. The number of nitriles is 1. The lowest BCUT2D eigenvalue weighted by atomic mass is 10.2. The van der Waals surface area contributed by atoms with Crippen LogP contribution < -0.4 is 0 Å². The highest BCUT2D eigenvalue weighted by molar-refractivity contribution is 5.06. The Morgan fingerprint density at radius 2 is 2.11 bits per heavy atom. The molecule has 0 saturated carbocycles. The van der Waals surface area contributed by atoms with Crippen LogP contribution in [0.5, 0.6) is 0 Å². The molecule has 2 aromatic rings. The molecule has 0 N–H and O–H groups in total. The van der Waals surface area contributed by atoms with E-state index in [2.05, 4.69) is 29.0 Å². The Kier molecular flexibility index (Phi) is 3.72. The maximum Gasteiger partial charge on any atom is 0.252 e. The molecule has 0 atom stereocenters. The van der Waals surface area contributed by atoms with Gasteiger partial charge in [-0.25, -0.2) is 9.67 Å². The van der Waals surface area contributed by atoms with Crippen LogP contribution in [0.4, 0.5) is 0 Å². The van der Waals surface area contributed by atoms with Crippen molar-refractivity contribution in [2.45, 2.75) is 39.3 Å². The second-order valence-electron chi connectivity index (χ2n) is 4.13. The second kappa shape index (κ2) is 5.45. The van der Waals surface area contributed by atoms with Crippen LogP contribution in [-0.4, -0.2) is 24.5 Å². The van der Waals surface area contributed by atoms with Crippen molar-refractivity contribution in [3.8, 4) is 6.07 Å². The van der Waals surface area contributed by atoms with Gasteiger partial charge in [0.1, 0.15) is 12.4 Å². The Morgan fingerprint density at radius 1 is 1.33 bits per heavy atom. The van der Waals surface area contributed by atoms with Crippen LogP contribution in [0.1, 0.15) is 44.2 Å². The van der Waals surface area contributed by atoms with Gasteiger partial charge in [0.2, 0.25) is 0 Å². The molecule has 6 nitrogen and oxygen atoms in total. The first-order valence-corrected chi connectivity index (χ1v) is 6.10. The molecule has 0 spiro atoms. The van der Waals surface area contributed by atoms with E-state index in [0.29, 0.717) is 12.6 Å². The smallest absolute Gasteiger partial charge is 0.252 e. The monoisotopic (exact) mass is 244 g/mol. The minimum Gasteiger partial charge on any atom is -0.269 e. The molecule has 0 radical (unpaired) electrons. The maximum atomic E-state index is 8.65. The second-order valence-corrected chi connectivity index (χ2v) is 4.13. The molecule has 0 fully saturated rings. The van der Waals surface area contributed by atoms with Gasteiger partial charge < -0.3 is 0 Å². The number of hydrogen-bond acceptors (Lipinski definition) is 4. The van der Waals surface area contributed by atoms with Crippen molar-refractivity contribution in [3.05, 3.63) is 30.1 Å². The minimum absolute atomic E-state index is 0.189. The van der Waals surface area contributed by atoms with Crippen LogP contribution in [0.15, 0.2) is 18.6 Å². The molecule has 2 aromatic heterocycles. The predicted molar refractivity (Wildman–Crippen MR) is 65.7 cm³/mol. The van der Waals surface area contributed by atoms with Gasteiger partial charge in [-0.2, -0.15) is 10.4 Å². The van der Waals surface area contributed by atoms with Crippen molar-refractivity contribution in [2.24, 2.45) is 0 Å². The molecule has 0 unspecified atom stereocenters. The van der Waals surface area contributed by atoms with Crippen LogP contribution in [0.2, 0.25) is 0 Å². The summed E-state index contributed by atoms with van der Waals surface area (Å²) in [7, 11) is 0. The van der Waals surface area contributed by atoms with Gasteiger partial charge in [-0.3, -0.25) is 4.68 Å². The van der Waals surface area contributed by atoms with E-state index < -0.39 is 0 Å². The largest absolute Gasteiger partial charge is 0.269 e. The van der Waals surface area contributed by atoms with Crippen molar-refractivity contribution in [1.29, 1.82) is 5.26 Å². The molecule has 0 aromatic carbocycles. The highest BCUT2D eigenvalue weighted by Crippen LogP contribution is 2.14. The molecule has 6 heteroatoms. The van der Waals surface area contributed by atoms with Crippen molar-refractivity contribution in [3.63, 3.8) is 0 Å². The third-order valence-corrected chi connectivity index (χ3v) is 2.94. The fourth-order valence-corrected chi connectivity index (χ4v) is 1.92. The first kappa shape index (κ1) is 12.3. The number of aromatic nitrogens is 5. The summed E-state index contributed by atoms with van der Waals surface area (Å²) in [5, 5.41) is 17.2. The van der Waals surface area contributed by atoms with Crippen LogP contribution in [0.25, 0.3) is 0 Å². The zero-order valence-corrected chi connectivity index (χ0v) is 10.6. The average molecular weight is 244 g/mol. The first-order chi connectivity index (χ1) is 8.76. The van der Waals surface area contributed by atoms with Gasteiger partial charge in [-0.15, -0.1) is 5.10 Å². The van der Waals surface area contributed by atoms with Gasteiger partial charge in [0.15, 0.2) is 0 Å². The normalized spacial score (nSPS) is 10.8. The summed E-state index contributed by atoms with van der Waals surface area (Å²) in [6.45, 7) is 4.86. The molecule has 2 rings (SSSR count). The van der Waals surface area contributed by atoms with E-state index >= 15 is 0 Å². The van der Waals surface area contributed by atoms with Crippen molar-refractivity contribution in [2.75, 3.05) is 0 Å². The van der Waals surface area contributed by atoms with E-state index in [1.54, 1.807) is 11.0 Å². The third-order valence-electron chi connectivity index (χ3n) is 2.94. The van der Waals surface area contributed by atoms with E-state index in [1.807, 2.05) is 23.0 Å². The Balaban J connectivity index is 2.09. The summed E-state index contributed by atoms with van der Waals surface area (Å²) >= 11 is 0. The molecular weight excluding hydrogens is 228 g/mol. The lowest BCUT2D eigenvalue weighted by molar-refractivity contribution is 0.424. The highest BCUT2D eigenvalue weighted by atomic mass is 15.3. The summed E-state index contributed by atoms with van der Waals surface area (Å²) < 4.78 is 3.62. The molecule has 0 bridgehead atoms. The number of rotatable bonds is 5. The van der Waals surface area contributed by atoms with Crippen LogP contribution in [0.3, 0.4) is 0 Å². The lowest BCUT2D eigenvalue weighted by Gasteiger charge is -2.12. The molecule has 2 heterocycles. The first-order valence-electron chi connectivity index (χ1n) is 6.10. The molecule has 0 saturated heterocycles. The standard InChI is InChI=1S/C12H16N6/c1-3-11(4-2)18-6-5-10(15-18)8-17-9-14-12(7-13)16-17/h5-6,9,11H,3-4,8H2,1-2H3. The summed E-state index contributed by atoms with van der Waals surface area (Å²) in [6, 6.07) is 4.33. The van der Waals surface area contributed by atoms with E-state index in [1.165, 1.54) is 0 Å². The Bertz CT molecular complexity index is 543. The summed E-state index contributed by atoms with van der Waals surface area (Å²) in [4.78, 5) is 3.86. The molecule has 0 aliphatic carbocycles. The van der Waals surface area contributed by atoms with Crippen LogP contribution >= 0.6 is 0 Å². The zero-order valence-electron chi connectivity index (χ0n) is 10.6. The number of nitrogens with zero attached hydrogens (tertiary/aromatic N) is 6. The van der Waals surface area contributed by atoms with Crippen molar-refractivity contribution in [1.82, 2.24) is 24.5 Å². The number of hydrogen-bond donors (Lipinski definition) is 0. The summed E-state index contributed by atoms with van der Waals surface area (Å²) in [5.41, 5.74) is 0.927. The van der Waals surface area contributed by atoms with Gasteiger partial charge in [0, 0.05) is 6.20 Å². The van der Waals surface area contributed by atoms with Gasteiger partial charge >= 0.3 is 0 Å². The zero-order chi connectivity index (χ0) is 13.0. The Labute approximate surface area is 106 Å². The third kappa shape index (κ3) is 2.56. The minimum atomic E-state index is 0.189. The quantitative estimate of drug-likeness (QED) is 0.803. The van der Waals surface area contributed by atoms with Crippen LogP contribution in [0, 0.1) is 11.3 Å². The fourth-order valence-electron chi connectivity index (χ4n) is 1.92. The molecule has 0 aliphatic heterocycles. The molecule has 94 valence electrons. The molecule has 0 amide bonds. The van der Waals surface area contributed by atoms with Gasteiger partial charge in [-0.1, -0.05) is 13.8 Å². The summed E-state index contributed by atoms with van der Waals surface area (Å²) in [6.07, 6.45) is 5.68. The van der Waals surface area contributed by atoms with Crippen molar-refractivity contribution < 1.29 is 0 Å². The van der Waals surface area contributed by atoms with Crippen molar-refractivity contribution >= 4 is 0 Å². The van der Waals surface area contributed by atoms with E-state index in [4.69, 9.17) is 5.26 Å². The van der Waals surface area contributed by atoms with Gasteiger partial charge in [-0.05, 0) is 18.9 Å². The molecular formula is C12H16N6. The molecule has 0 aliphatic rings. The SMILES string of the molecule is CCC(CC)n1ccc(Cn2cnc(C#N)n2)n1. The van der Waals surface area contributed by atoms with E-state index in [-0.39, 0.29) is 5.82 Å². The van der Waals surface area contributed by atoms with E-state index in [0.717, 1.165) is 18.5 Å². The van der Waals surface area contributed by atoms with Crippen LogP contribution in [-0.2, 0) is 6.54 Å². The fraction of sp³-hybridized carbons (Fsp3) is 0.500. The molecule has 18 heavy (non-hydrogen) atoms. The van der Waals surface area contributed by atoms with E-state index in [9.17, 15) is 0 Å². The lowest BCUT2D eigenvalue weighted by Crippen LogP contribution is -2.09. The van der Waals surface area contributed by atoms with Gasteiger partial charge in [0.25, 0.3) is 5.82 Å². The van der Waals surface area contributed by atoms with Gasteiger partial charge in [0.05, 0.1) is 18.3 Å². The predicted octanol–water partition coefficient (Wildman–Crippen LogP) is 1.76. The Hall–Kier alpha value is -2.16. The topological polar surface area (TPSA) is 72.3 Å². The summed E-state index contributed by atoms with van der Waals surface area (Å²) in [5.74, 6) is 0.189. The highest BCUT2D eigenvalue weighted by Gasteiger charge is 2.08. The average Bonchev–Trinajstić information content (AvgIpc) is 3.01. The maximum absolute atomic E-state index is 8.65.